The molecule has 13 heavy (non-hydrogen) atoms. The molecule has 1 aromatic carbocycles. The third kappa shape index (κ3) is 1.47. The van der Waals surface area contributed by atoms with Gasteiger partial charge >= 0.3 is 0 Å². The minimum atomic E-state index is -0.0359. The van der Waals surface area contributed by atoms with Crippen LogP contribution in [0.1, 0.15) is 24.4 Å². The fraction of sp³-hybridized carbons (Fsp3) is 0.400. The number of benzene rings is 1. The Morgan fingerprint density at radius 2 is 2.15 bits per heavy atom. The van der Waals surface area contributed by atoms with Crippen molar-refractivity contribution >= 4 is 0 Å². The van der Waals surface area contributed by atoms with E-state index in [4.69, 9.17) is 0 Å². The molecule has 3 nitrogen and oxygen atoms in total. The van der Waals surface area contributed by atoms with Crippen LogP contribution in [0.3, 0.4) is 0 Å². The summed E-state index contributed by atoms with van der Waals surface area (Å²) >= 11 is 0. The molecular weight excluding hydrogens is 166 g/mol. The number of phenolic OH excluding ortho intramolecular Hbond substituents is 2. The zero-order valence-corrected chi connectivity index (χ0v) is 7.33. The number of rotatable bonds is 1. The van der Waals surface area contributed by atoms with E-state index in [0.717, 1.165) is 24.9 Å². The predicted molar refractivity (Wildman–Crippen MR) is 49.7 cm³/mol. The summed E-state index contributed by atoms with van der Waals surface area (Å²) in [7, 11) is 0. The van der Waals surface area contributed by atoms with Crippen LogP contribution in [0.4, 0.5) is 0 Å². The van der Waals surface area contributed by atoms with E-state index in [9.17, 15) is 10.2 Å². The van der Waals surface area contributed by atoms with Gasteiger partial charge in [0, 0.05) is 11.6 Å². The summed E-state index contributed by atoms with van der Waals surface area (Å²) in [5.41, 5.74) is 0.803. The number of phenols is 2. The van der Waals surface area contributed by atoms with Crippen molar-refractivity contribution in [3.05, 3.63) is 23.8 Å². The second-order valence-corrected chi connectivity index (χ2v) is 3.36. The van der Waals surface area contributed by atoms with E-state index in [1.807, 2.05) is 6.07 Å². The first-order chi connectivity index (χ1) is 6.29. The molecule has 0 bridgehead atoms. The molecule has 0 amide bonds. The molecule has 0 radical (unpaired) electrons. The lowest BCUT2D eigenvalue weighted by atomic mass is 10.0. The summed E-state index contributed by atoms with van der Waals surface area (Å²) in [5.74, 6) is -0.0203. The maximum atomic E-state index is 9.57. The molecule has 3 N–H and O–H groups in total. The van der Waals surface area contributed by atoms with E-state index in [1.54, 1.807) is 6.07 Å². The summed E-state index contributed by atoms with van der Waals surface area (Å²) in [6, 6.07) is 5.29. The van der Waals surface area contributed by atoms with Crippen LogP contribution in [0, 0.1) is 0 Å². The first-order valence-electron chi connectivity index (χ1n) is 4.53. The smallest absolute Gasteiger partial charge is 0.162 e. The molecule has 1 atom stereocenters. The molecule has 1 fully saturated rings. The van der Waals surface area contributed by atoms with E-state index < -0.39 is 0 Å². The number of para-hydroxylation sites is 1. The first-order valence-corrected chi connectivity index (χ1v) is 4.53. The van der Waals surface area contributed by atoms with Gasteiger partial charge in [-0.2, -0.15) is 0 Å². The second-order valence-electron chi connectivity index (χ2n) is 3.36. The maximum absolute atomic E-state index is 9.57. The summed E-state index contributed by atoms with van der Waals surface area (Å²) in [5, 5.41) is 22.1. The highest BCUT2D eigenvalue weighted by atomic mass is 16.3. The van der Waals surface area contributed by atoms with Gasteiger partial charge in [0.1, 0.15) is 0 Å². The lowest BCUT2D eigenvalue weighted by Crippen LogP contribution is -2.12. The van der Waals surface area contributed by atoms with Gasteiger partial charge in [0.25, 0.3) is 0 Å². The van der Waals surface area contributed by atoms with Crippen LogP contribution >= 0.6 is 0 Å². The highest BCUT2D eigenvalue weighted by Crippen LogP contribution is 2.35. The van der Waals surface area contributed by atoms with E-state index in [-0.39, 0.29) is 17.5 Å². The molecule has 0 aromatic heterocycles. The van der Waals surface area contributed by atoms with Gasteiger partial charge in [-0.15, -0.1) is 0 Å². The Balaban J connectivity index is 2.33. The Bertz CT molecular complexity index is 306. The molecule has 1 unspecified atom stereocenters. The summed E-state index contributed by atoms with van der Waals surface area (Å²) < 4.78 is 0. The topological polar surface area (TPSA) is 52.5 Å². The number of aromatic hydroxyl groups is 2. The first kappa shape index (κ1) is 8.38. The van der Waals surface area contributed by atoms with Crippen molar-refractivity contribution < 1.29 is 10.2 Å². The van der Waals surface area contributed by atoms with Crippen LogP contribution in [0.25, 0.3) is 0 Å². The molecule has 3 heteroatoms. The van der Waals surface area contributed by atoms with Gasteiger partial charge < -0.3 is 15.5 Å². The maximum Gasteiger partial charge on any atom is 0.162 e. The minimum absolute atomic E-state index is 0.0156. The van der Waals surface area contributed by atoms with E-state index in [2.05, 4.69) is 5.32 Å². The van der Waals surface area contributed by atoms with Crippen molar-refractivity contribution in [3.8, 4) is 11.5 Å². The number of hydrogen-bond donors (Lipinski definition) is 3. The molecule has 1 heterocycles. The normalized spacial score (nSPS) is 22.0. The van der Waals surface area contributed by atoms with Crippen LogP contribution in [0.5, 0.6) is 11.5 Å². The van der Waals surface area contributed by atoms with E-state index in [1.165, 1.54) is 6.07 Å². The lowest BCUT2D eigenvalue weighted by molar-refractivity contribution is 0.394. The van der Waals surface area contributed by atoms with Crippen molar-refractivity contribution in [2.75, 3.05) is 6.54 Å². The minimum Gasteiger partial charge on any atom is -0.504 e. The van der Waals surface area contributed by atoms with Gasteiger partial charge in [0.15, 0.2) is 11.5 Å². The van der Waals surface area contributed by atoms with Crippen LogP contribution in [0.2, 0.25) is 0 Å². The molecular formula is C10H13NO2. The summed E-state index contributed by atoms with van der Waals surface area (Å²) in [4.78, 5) is 0. The molecule has 0 aliphatic carbocycles. The number of nitrogens with one attached hydrogen (secondary N) is 1. The third-order valence-corrected chi connectivity index (χ3v) is 2.48. The van der Waals surface area contributed by atoms with Gasteiger partial charge in [-0.1, -0.05) is 12.1 Å². The molecule has 70 valence electrons. The molecule has 1 aromatic rings. The standard InChI is InChI=1S/C10H13NO2/c12-9-5-1-3-7(10(9)13)8-4-2-6-11-8/h1,3,5,8,11-13H,2,4,6H2. The highest BCUT2D eigenvalue weighted by molar-refractivity contribution is 5.46. The highest BCUT2D eigenvalue weighted by Gasteiger charge is 2.20. The fourth-order valence-corrected chi connectivity index (χ4v) is 1.78. The molecule has 0 spiro atoms. The Labute approximate surface area is 77.0 Å². The van der Waals surface area contributed by atoms with Gasteiger partial charge in [0.05, 0.1) is 0 Å². The van der Waals surface area contributed by atoms with Crippen LogP contribution in [-0.2, 0) is 0 Å². The Kier molecular flexibility index (Phi) is 2.10. The zero-order chi connectivity index (χ0) is 9.26. The van der Waals surface area contributed by atoms with E-state index >= 15 is 0 Å². The van der Waals surface area contributed by atoms with Crippen molar-refractivity contribution in [2.45, 2.75) is 18.9 Å². The summed E-state index contributed by atoms with van der Waals surface area (Å²) in [6.07, 6.45) is 2.15. The fourth-order valence-electron chi connectivity index (χ4n) is 1.78. The van der Waals surface area contributed by atoms with Crippen molar-refractivity contribution in [1.82, 2.24) is 5.32 Å². The lowest BCUT2D eigenvalue weighted by Gasteiger charge is -2.12. The van der Waals surface area contributed by atoms with Crippen molar-refractivity contribution in [1.29, 1.82) is 0 Å². The largest absolute Gasteiger partial charge is 0.504 e. The van der Waals surface area contributed by atoms with Crippen LogP contribution < -0.4 is 5.32 Å². The Morgan fingerprint density at radius 1 is 1.31 bits per heavy atom. The molecule has 0 saturated carbocycles. The van der Waals surface area contributed by atoms with E-state index in [0.29, 0.717) is 0 Å². The number of hydrogen-bond acceptors (Lipinski definition) is 3. The average molecular weight is 179 g/mol. The Hall–Kier alpha value is -1.22. The van der Waals surface area contributed by atoms with Crippen LogP contribution in [0.15, 0.2) is 18.2 Å². The monoisotopic (exact) mass is 179 g/mol. The van der Waals surface area contributed by atoms with Gasteiger partial charge in [-0.3, -0.25) is 0 Å². The van der Waals surface area contributed by atoms with Gasteiger partial charge in [0.2, 0.25) is 0 Å². The molecule has 1 aliphatic rings. The van der Waals surface area contributed by atoms with Crippen molar-refractivity contribution in [2.24, 2.45) is 0 Å². The zero-order valence-electron chi connectivity index (χ0n) is 7.33. The van der Waals surface area contributed by atoms with Crippen molar-refractivity contribution in [3.63, 3.8) is 0 Å². The molecule has 1 aliphatic heterocycles. The Morgan fingerprint density at radius 3 is 2.85 bits per heavy atom. The second kappa shape index (κ2) is 3.26. The molecule has 1 saturated heterocycles. The summed E-state index contributed by atoms with van der Waals surface area (Å²) in [6.45, 7) is 0.986. The predicted octanol–water partition coefficient (Wildman–Crippen LogP) is 1.52. The van der Waals surface area contributed by atoms with Crippen LogP contribution in [-0.4, -0.2) is 16.8 Å². The molecule has 2 rings (SSSR count). The quantitative estimate of drug-likeness (QED) is 0.573. The SMILES string of the molecule is Oc1cccc(C2CCCN2)c1O. The third-order valence-electron chi connectivity index (χ3n) is 2.48. The average Bonchev–Trinajstić information content (AvgIpc) is 2.62. The van der Waals surface area contributed by atoms with Gasteiger partial charge in [-0.25, -0.2) is 0 Å². The van der Waals surface area contributed by atoms with Gasteiger partial charge in [-0.05, 0) is 25.5 Å².